The molecule has 16 nitrogen and oxygen atoms in total. The van der Waals surface area contributed by atoms with Crippen LogP contribution in [0.2, 0.25) is 0 Å². The highest BCUT2D eigenvalue weighted by atomic mass is 32.1. The summed E-state index contributed by atoms with van der Waals surface area (Å²) in [5.41, 5.74) is 1.73. The smallest absolute Gasteiger partial charge is 0.306 e. The van der Waals surface area contributed by atoms with Gasteiger partial charge in [-0.15, -0.1) is 11.3 Å². The van der Waals surface area contributed by atoms with Crippen LogP contribution in [-0.4, -0.2) is 103 Å². The Labute approximate surface area is 324 Å². The molecular weight excluding hydrogens is 757 g/mol. The number of nitrogens with one attached hydrogen (secondary N) is 1. The average Bonchev–Trinajstić information content (AvgIpc) is 3.89. The van der Waals surface area contributed by atoms with Crippen molar-refractivity contribution in [3.63, 3.8) is 0 Å². The van der Waals surface area contributed by atoms with E-state index >= 15 is 4.39 Å². The third-order valence-corrected chi connectivity index (χ3v) is 9.88. The van der Waals surface area contributed by atoms with Crippen molar-refractivity contribution >= 4 is 62.8 Å². The number of hydrogen-bond acceptors (Lipinski definition) is 13. The summed E-state index contributed by atoms with van der Waals surface area (Å²) in [6.45, 7) is 1.86. The zero-order valence-corrected chi connectivity index (χ0v) is 31.7. The van der Waals surface area contributed by atoms with Crippen LogP contribution in [0.4, 0.5) is 4.39 Å². The number of carbonyl (C=O) groups excluding carboxylic acids is 6. The van der Waals surface area contributed by atoms with Crippen molar-refractivity contribution in [1.82, 2.24) is 15.1 Å². The molecule has 0 aliphatic carbocycles. The number of ketones is 1. The molecule has 3 aromatic rings. The molecule has 3 heterocycles. The van der Waals surface area contributed by atoms with Crippen LogP contribution in [0.25, 0.3) is 10.1 Å². The van der Waals surface area contributed by atoms with E-state index in [4.69, 9.17) is 28.8 Å². The summed E-state index contributed by atoms with van der Waals surface area (Å²) < 4.78 is 44.0. The molecule has 0 spiro atoms. The molecule has 2 aliphatic rings. The molecule has 0 bridgehead atoms. The van der Waals surface area contributed by atoms with Gasteiger partial charge in [0.05, 0.1) is 51.7 Å². The van der Waals surface area contributed by atoms with Crippen molar-refractivity contribution in [3.8, 4) is 23.0 Å². The van der Waals surface area contributed by atoms with Crippen LogP contribution in [-0.2, 0) is 46.6 Å². The number of aliphatic carboxylic acids is 1. The fourth-order valence-corrected chi connectivity index (χ4v) is 6.93. The standard InChI is InChI=1S/C38H40FN3O13S/c1-21(17-40-31(44)20-42-33(46)6-7-34(42)47)55-36(50)10-5-25(43)30-15-24-29(56-30)16-28(52-3)38(37(24)39)54-12-4-11-53-27-14-23-19-41(32(45)8-9-35(48)49)18-22(23)13-26(27)51-2/h6-7,13-16,21H,4-5,8-12,17-20H2,1-3H3,(H,40,44)(H,48,49)/t21-/m0/s1. The fraction of sp³-hybridized carbons (Fsp3) is 0.395. The van der Waals surface area contributed by atoms with Gasteiger partial charge in [0, 0.05) is 60.7 Å². The van der Waals surface area contributed by atoms with Crippen LogP contribution < -0.4 is 24.3 Å². The highest BCUT2D eigenvalue weighted by Crippen LogP contribution is 2.40. The highest BCUT2D eigenvalue weighted by molar-refractivity contribution is 7.20. The van der Waals surface area contributed by atoms with Gasteiger partial charge in [0.25, 0.3) is 11.8 Å². The zero-order chi connectivity index (χ0) is 40.5. The maximum absolute atomic E-state index is 15.8. The van der Waals surface area contributed by atoms with Crippen molar-refractivity contribution in [3.05, 3.63) is 58.2 Å². The van der Waals surface area contributed by atoms with E-state index in [1.807, 2.05) is 0 Å². The predicted octanol–water partition coefficient (Wildman–Crippen LogP) is 3.55. The number of hydrogen-bond donors (Lipinski definition) is 2. The average molecular weight is 798 g/mol. The Balaban J connectivity index is 1.09. The molecule has 2 N–H and O–H groups in total. The Hall–Kier alpha value is -6.04. The van der Waals surface area contributed by atoms with Gasteiger partial charge in [-0.25, -0.2) is 4.39 Å². The van der Waals surface area contributed by atoms with Crippen LogP contribution in [0.5, 0.6) is 23.0 Å². The first-order valence-corrected chi connectivity index (χ1v) is 18.4. The van der Waals surface area contributed by atoms with Gasteiger partial charge in [-0.2, -0.15) is 0 Å². The normalized spacial score (nSPS) is 13.8. The minimum Gasteiger partial charge on any atom is -0.493 e. The van der Waals surface area contributed by atoms with E-state index in [-0.39, 0.29) is 73.1 Å². The lowest BCUT2D eigenvalue weighted by Crippen LogP contribution is -2.42. The molecule has 5 rings (SSSR count). The molecule has 1 atom stereocenters. The quantitative estimate of drug-likeness (QED) is 0.0728. The Kier molecular flexibility index (Phi) is 13.6. The summed E-state index contributed by atoms with van der Waals surface area (Å²) in [5, 5.41) is 11.5. The van der Waals surface area contributed by atoms with Crippen molar-refractivity contribution in [2.45, 2.75) is 58.2 Å². The van der Waals surface area contributed by atoms with Gasteiger partial charge < -0.3 is 39.0 Å². The molecule has 18 heteroatoms. The molecule has 4 amide bonds. The van der Waals surface area contributed by atoms with Gasteiger partial charge >= 0.3 is 11.9 Å². The molecule has 2 aliphatic heterocycles. The Morgan fingerprint density at radius 2 is 1.54 bits per heavy atom. The van der Waals surface area contributed by atoms with Crippen molar-refractivity contribution < 1.29 is 66.7 Å². The van der Waals surface area contributed by atoms with Crippen LogP contribution in [0, 0.1) is 5.82 Å². The molecule has 0 saturated carbocycles. The van der Waals surface area contributed by atoms with Gasteiger partial charge in [0.15, 0.2) is 34.6 Å². The number of ether oxygens (including phenoxy) is 5. The predicted molar refractivity (Wildman–Crippen MR) is 196 cm³/mol. The maximum Gasteiger partial charge on any atom is 0.306 e. The van der Waals surface area contributed by atoms with Gasteiger partial charge in [0.2, 0.25) is 11.8 Å². The van der Waals surface area contributed by atoms with E-state index in [9.17, 15) is 33.6 Å². The molecule has 0 radical (unpaired) electrons. The van der Waals surface area contributed by atoms with E-state index in [0.717, 1.165) is 39.5 Å². The largest absolute Gasteiger partial charge is 0.493 e. The second-order valence-corrected chi connectivity index (χ2v) is 13.9. The number of halogens is 1. The summed E-state index contributed by atoms with van der Waals surface area (Å²) in [4.78, 5) is 86.6. The number of amides is 4. The lowest BCUT2D eigenvalue weighted by atomic mass is 10.1. The first-order valence-electron chi connectivity index (χ1n) is 17.6. The van der Waals surface area contributed by atoms with Crippen LogP contribution in [0.3, 0.4) is 0 Å². The summed E-state index contributed by atoms with van der Waals surface area (Å²) in [5.74, 6) is -4.02. The lowest BCUT2D eigenvalue weighted by molar-refractivity contribution is -0.148. The SMILES string of the molecule is COc1cc2c(cc1OCCCOc1c(OC)cc3sc(C(=O)CCC(=O)O[C@@H](C)CNC(=O)CN4C(=O)C=CC4=O)cc3c1F)CN(C(=O)CCC(=O)O)C2. The van der Waals surface area contributed by atoms with E-state index < -0.39 is 53.9 Å². The lowest BCUT2D eigenvalue weighted by Gasteiger charge is -2.16. The number of Topliss-reactive ketones (excluding diaryl/α,β-unsaturated/α-hetero) is 1. The molecule has 0 unspecified atom stereocenters. The fourth-order valence-electron chi connectivity index (χ4n) is 5.87. The summed E-state index contributed by atoms with van der Waals surface area (Å²) in [6, 6.07) is 6.52. The number of carboxylic acids is 1. The van der Waals surface area contributed by atoms with Crippen molar-refractivity contribution in [1.29, 1.82) is 0 Å². The zero-order valence-electron chi connectivity index (χ0n) is 30.8. The summed E-state index contributed by atoms with van der Waals surface area (Å²) in [7, 11) is 2.86. The van der Waals surface area contributed by atoms with E-state index in [0.29, 0.717) is 35.7 Å². The summed E-state index contributed by atoms with van der Waals surface area (Å²) >= 11 is 1.04. The van der Waals surface area contributed by atoms with Crippen LogP contribution >= 0.6 is 11.3 Å². The third-order valence-electron chi connectivity index (χ3n) is 8.76. The maximum atomic E-state index is 15.8. The number of nitrogens with zero attached hydrogens (tertiary/aromatic N) is 2. The van der Waals surface area contributed by atoms with Crippen molar-refractivity contribution in [2.24, 2.45) is 0 Å². The minimum atomic E-state index is -1.04. The topological polar surface area (TPSA) is 204 Å². The number of methoxy groups -OCH3 is 2. The van der Waals surface area contributed by atoms with Gasteiger partial charge in [-0.05, 0) is 36.2 Å². The van der Waals surface area contributed by atoms with Crippen molar-refractivity contribution in [2.75, 3.05) is 40.5 Å². The molecule has 56 heavy (non-hydrogen) atoms. The first kappa shape index (κ1) is 41.1. The monoisotopic (exact) mass is 797 g/mol. The van der Waals surface area contributed by atoms with Gasteiger partial charge in [-0.3, -0.25) is 38.5 Å². The molecule has 2 aromatic carbocycles. The molecular formula is C38H40FN3O13S. The van der Waals surface area contributed by atoms with E-state index in [2.05, 4.69) is 5.32 Å². The molecule has 298 valence electrons. The first-order chi connectivity index (χ1) is 26.8. The number of carbonyl (C=O) groups is 7. The third kappa shape index (κ3) is 10.2. The number of fused-ring (bicyclic) bond motifs is 2. The molecule has 0 fully saturated rings. The highest BCUT2D eigenvalue weighted by Gasteiger charge is 2.28. The van der Waals surface area contributed by atoms with Crippen LogP contribution in [0.15, 0.2) is 36.4 Å². The number of carboxylic acid groups (broad SMARTS) is 1. The Morgan fingerprint density at radius 1 is 0.875 bits per heavy atom. The number of rotatable bonds is 20. The van der Waals surface area contributed by atoms with E-state index in [1.165, 1.54) is 27.2 Å². The molecule has 1 aromatic heterocycles. The van der Waals surface area contributed by atoms with Gasteiger partial charge in [-0.1, -0.05) is 0 Å². The Bertz CT molecular complexity index is 2060. The van der Waals surface area contributed by atoms with E-state index in [1.54, 1.807) is 23.1 Å². The second kappa shape index (κ2) is 18.5. The number of benzene rings is 2. The second-order valence-electron chi connectivity index (χ2n) is 12.8. The number of esters is 1. The van der Waals surface area contributed by atoms with Gasteiger partial charge in [0.1, 0.15) is 12.6 Å². The minimum absolute atomic E-state index is 0.0489. The number of thiophene rings is 1. The summed E-state index contributed by atoms with van der Waals surface area (Å²) in [6.07, 6.45) is 0.904. The number of imide groups is 1. The Morgan fingerprint density at radius 3 is 2.20 bits per heavy atom. The van der Waals surface area contributed by atoms with Crippen LogP contribution in [0.1, 0.15) is 59.8 Å². The molecule has 0 saturated heterocycles.